The summed E-state index contributed by atoms with van der Waals surface area (Å²) in [5.41, 5.74) is 3.09. The number of aliphatic hydroxyl groups is 1. The van der Waals surface area contributed by atoms with E-state index in [0.717, 1.165) is 16.6 Å². The van der Waals surface area contributed by atoms with Crippen molar-refractivity contribution in [2.24, 2.45) is 0 Å². The Labute approximate surface area is 133 Å². The van der Waals surface area contributed by atoms with Crippen LogP contribution >= 0.6 is 0 Å². The van der Waals surface area contributed by atoms with Crippen molar-refractivity contribution in [1.29, 1.82) is 0 Å². The van der Waals surface area contributed by atoms with Crippen molar-refractivity contribution in [3.8, 4) is 0 Å². The van der Waals surface area contributed by atoms with E-state index < -0.39 is 0 Å². The Kier molecular flexibility index (Phi) is 3.59. The molecule has 2 aromatic heterocycles. The summed E-state index contributed by atoms with van der Waals surface area (Å²) in [4.78, 5) is 2.20. The normalized spacial score (nSPS) is 22.0. The molecule has 0 aliphatic carbocycles. The van der Waals surface area contributed by atoms with E-state index in [0.29, 0.717) is 19.5 Å². The molecule has 3 heterocycles. The van der Waals surface area contributed by atoms with Gasteiger partial charge < -0.3 is 5.11 Å². The fourth-order valence-corrected chi connectivity index (χ4v) is 3.44. The van der Waals surface area contributed by atoms with Crippen LogP contribution in [0, 0.1) is 5.82 Å². The third kappa shape index (κ3) is 2.73. The molecule has 1 N–H and O–H groups in total. The van der Waals surface area contributed by atoms with E-state index in [-0.39, 0.29) is 18.0 Å². The van der Waals surface area contributed by atoms with Crippen molar-refractivity contribution in [2.75, 3.05) is 6.54 Å². The van der Waals surface area contributed by atoms with E-state index in [2.05, 4.69) is 10.00 Å². The van der Waals surface area contributed by atoms with Gasteiger partial charge in [0.05, 0.1) is 17.8 Å². The maximum atomic E-state index is 13.5. The lowest BCUT2D eigenvalue weighted by Crippen LogP contribution is -2.24. The van der Waals surface area contributed by atoms with Crippen molar-refractivity contribution in [3.05, 3.63) is 71.8 Å². The Morgan fingerprint density at radius 1 is 1.22 bits per heavy atom. The van der Waals surface area contributed by atoms with Crippen LogP contribution in [0.4, 0.5) is 4.39 Å². The molecule has 0 bridgehead atoms. The van der Waals surface area contributed by atoms with Crippen molar-refractivity contribution >= 4 is 5.52 Å². The topological polar surface area (TPSA) is 40.8 Å². The van der Waals surface area contributed by atoms with Gasteiger partial charge in [-0.2, -0.15) is 5.10 Å². The van der Waals surface area contributed by atoms with Gasteiger partial charge in [0.25, 0.3) is 0 Å². The molecule has 1 saturated heterocycles. The van der Waals surface area contributed by atoms with E-state index >= 15 is 0 Å². The average Bonchev–Trinajstić information content (AvgIpc) is 3.12. The minimum absolute atomic E-state index is 0.0272. The Morgan fingerprint density at radius 3 is 3.00 bits per heavy atom. The number of nitrogens with zero attached hydrogens (tertiary/aromatic N) is 3. The highest BCUT2D eigenvalue weighted by molar-refractivity contribution is 5.53. The lowest BCUT2D eigenvalue weighted by Gasteiger charge is -2.24. The van der Waals surface area contributed by atoms with Crippen LogP contribution in [0.3, 0.4) is 0 Å². The van der Waals surface area contributed by atoms with Gasteiger partial charge in [-0.15, -0.1) is 0 Å². The predicted octanol–water partition coefficient (Wildman–Crippen LogP) is 2.78. The van der Waals surface area contributed by atoms with Gasteiger partial charge in [0.2, 0.25) is 0 Å². The van der Waals surface area contributed by atoms with Crippen LogP contribution < -0.4 is 0 Å². The number of likely N-dealkylation sites (tertiary alicyclic amines) is 1. The summed E-state index contributed by atoms with van der Waals surface area (Å²) in [6.07, 6.45) is 4.03. The largest absolute Gasteiger partial charge is 0.392 e. The number of aromatic nitrogens is 2. The monoisotopic (exact) mass is 311 g/mol. The predicted molar refractivity (Wildman–Crippen MR) is 85.4 cm³/mol. The first-order valence-corrected chi connectivity index (χ1v) is 7.79. The fraction of sp³-hybridized carbons (Fsp3) is 0.278. The number of pyridine rings is 1. The number of fused-ring (bicyclic) bond motifs is 1. The van der Waals surface area contributed by atoms with Gasteiger partial charge in [0.15, 0.2) is 0 Å². The molecule has 118 valence electrons. The Balaban J connectivity index is 1.64. The fourth-order valence-electron chi connectivity index (χ4n) is 3.44. The highest BCUT2D eigenvalue weighted by atomic mass is 19.1. The summed E-state index contributed by atoms with van der Waals surface area (Å²) >= 11 is 0. The van der Waals surface area contributed by atoms with Crippen molar-refractivity contribution < 1.29 is 9.50 Å². The molecule has 0 saturated carbocycles. The average molecular weight is 311 g/mol. The number of aliphatic hydroxyl groups excluding tert-OH is 1. The van der Waals surface area contributed by atoms with Gasteiger partial charge in [-0.3, -0.25) is 4.90 Å². The Hall–Kier alpha value is -2.24. The third-order valence-corrected chi connectivity index (χ3v) is 4.49. The Morgan fingerprint density at radius 2 is 2.13 bits per heavy atom. The molecule has 0 radical (unpaired) electrons. The molecule has 23 heavy (non-hydrogen) atoms. The number of hydrogen-bond donors (Lipinski definition) is 1. The summed E-state index contributed by atoms with van der Waals surface area (Å²) < 4.78 is 15.4. The highest BCUT2D eigenvalue weighted by Gasteiger charge is 2.32. The van der Waals surface area contributed by atoms with Crippen LogP contribution in [-0.4, -0.2) is 32.3 Å². The molecule has 1 aliphatic rings. The van der Waals surface area contributed by atoms with E-state index in [1.807, 2.05) is 41.2 Å². The molecule has 0 amide bonds. The number of β-amino-alcohol motifs (C(OH)–C–C–N with tert-alkyl or cyclic N) is 1. The molecule has 5 heteroatoms. The maximum absolute atomic E-state index is 13.5. The van der Waals surface area contributed by atoms with E-state index in [4.69, 9.17) is 0 Å². The lowest BCUT2D eigenvalue weighted by molar-refractivity contribution is 0.173. The number of rotatable bonds is 3. The van der Waals surface area contributed by atoms with Crippen LogP contribution in [0.1, 0.15) is 23.6 Å². The molecule has 1 aliphatic heterocycles. The molecular formula is C18H18FN3O. The summed E-state index contributed by atoms with van der Waals surface area (Å²) in [6, 6.07) is 12.7. The lowest BCUT2D eigenvalue weighted by atomic mass is 10.0. The van der Waals surface area contributed by atoms with Gasteiger partial charge in [0, 0.05) is 30.9 Å². The van der Waals surface area contributed by atoms with Gasteiger partial charge >= 0.3 is 0 Å². The zero-order valence-corrected chi connectivity index (χ0v) is 12.6. The van der Waals surface area contributed by atoms with Crippen LogP contribution in [0.2, 0.25) is 0 Å². The summed E-state index contributed by atoms with van der Waals surface area (Å²) in [5.74, 6) is -0.236. The summed E-state index contributed by atoms with van der Waals surface area (Å²) in [5, 5.41) is 14.4. The van der Waals surface area contributed by atoms with Crippen molar-refractivity contribution in [3.63, 3.8) is 0 Å². The van der Waals surface area contributed by atoms with E-state index in [1.54, 1.807) is 12.1 Å². The summed E-state index contributed by atoms with van der Waals surface area (Å²) in [6.45, 7) is 1.27. The number of benzene rings is 1. The molecule has 4 nitrogen and oxygen atoms in total. The van der Waals surface area contributed by atoms with Gasteiger partial charge in [-0.25, -0.2) is 8.91 Å². The SMILES string of the molecule is O[C@@H]1C[C@H](c2cccc(F)c2)N(Cc2cnn3ccccc23)C1. The third-order valence-electron chi connectivity index (χ3n) is 4.49. The Bertz CT molecular complexity index is 832. The molecule has 0 spiro atoms. The standard InChI is InChI=1S/C18H18FN3O/c19-15-5-3-4-13(8-15)18-9-16(23)12-21(18)11-14-10-20-22-7-2-1-6-17(14)22/h1-8,10,16,18,23H,9,11-12H2/t16-,18-/m1/s1. The molecule has 3 aromatic rings. The van der Waals surface area contributed by atoms with Crippen molar-refractivity contribution in [1.82, 2.24) is 14.5 Å². The molecule has 0 unspecified atom stereocenters. The second-order valence-electron chi connectivity index (χ2n) is 6.09. The minimum atomic E-state index is -0.384. The molecule has 4 rings (SSSR count). The van der Waals surface area contributed by atoms with Crippen LogP contribution in [-0.2, 0) is 6.54 Å². The highest BCUT2D eigenvalue weighted by Crippen LogP contribution is 2.34. The van der Waals surface area contributed by atoms with E-state index in [9.17, 15) is 9.50 Å². The summed E-state index contributed by atoms with van der Waals surface area (Å²) in [7, 11) is 0. The van der Waals surface area contributed by atoms with E-state index in [1.165, 1.54) is 6.07 Å². The smallest absolute Gasteiger partial charge is 0.123 e. The van der Waals surface area contributed by atoms with Crippen LogP contribution in [0.15, 0.2) is 54.9 Å². The quantitative estimate of drug-likeness (QED) is 0.808. The van der Waals surface area contributed by atoms with Gasteiger partial charge in [-0.05, 0) is 36.2 Å². The first-order chi connectivity index (χ1) is 11.2. The van der Waals surface area contributed by atoms with Gasteiger partial charge in [0.1, 0.15) is 5.82 Å². The number of hydrogen-bond acceptors (Lipinski definition) is 3. The van der Waals surface area contributed by atoms with Gasteiger partial charge in [-0.1, -0.05) is 18.2 Å². The second-order valence-corrected chi connectivity index (χ2v) is 6.09. The zero-order valence-electron chi connectivity index (χ0n) is 12.6. The minimum Gasteiger partial charge on any atom is -0.392 e. The number of halogens is 1. The first-order valence-electron chi connectivity index (χ1n) is 7.79. The molecule has 1 aromatic carbocycles. The van der Waals surface area contributed by atoms with Crippen molar-refractivity contribution in [2.45, 2.75) is 25.1 Å². The zero-order chi connectivity index (χ0) is 15.8. The molecular weight excluding hydrogens is 293 g/mol. The second kappa shape index (κ2) is 5.76. The first kappa shape index (κ1) is 14.4. The molecule has 1 fully saturated rings. The van der Waals surface area contributed by atoms with Crippen LogP contribution in [0.5, 0.6) is 0 Å². The maximum Gasteiger partial charge on any atom is 0.123 e. The van der Waals surface area contributed by atoms with Crippen LogP contribution in [0.25, 0.3) is 5.52 Å². The molecule has 2 atom stereocenters.